The van der Waals surface area contributed by atoms with Crippen molar-refractivity contribution in [2.45, 2.75) is 18.9 Å². The maximum atomic E-state index is 11.9. The van der Waals surface area contributed by atoms with Crippen LogP contribution < -0.4 is 22.6 Å². The lowest BCUT2D eigenvalue weighted by Crippen LogP contribution is -2.40. The van der Waals surface area contributed by atoms with E-state index < -0.39 is 5.91 Å². The minimum Gasteiger partial charge on any atom is -0.409 e. The van der Waals surface area contributed by atoms with E-state index in [-0.39, 0.29) is 17.7 Å². The number of hydrazine groups is 1. The number of oxime groups is 1. The van der Waals surface area contributed by atoms with Gasteiger partial charge in [0.1, 0.15) is 0 Å². The predicted octanol–water partition coefficient (Wildman–Crippen LogP) is -1.04. The highest BCUT2D eigenvalue weighted by Crippen LogP contribution is 2.31. The van der Waals surface area contributed by atoms with Crippen LogP contribution in [0.3, 0.4) is 0 Å². The number of rotatable bonds is 3. The second-order valence-electron chi connectivity index (χ2n) is 5.02. The summed E-state index contributed by atoms with van der Waals surface area (Å²) in [7, 11) is 1.47. The minimum atomic E-state index is -0.476. The van der Waals surface area contributed by atoms with Crippen molar-refractivity contribution >= 4 is 17.6 Å². The third-order valence-corrected chi connectivity index (χ3v) is 3.43. The fraction of sp³-hybridized carbons (Fsp3) is 0.308. The van der Waals surface area contributed by atoms with Crippen LogP contribution in [0.1, 0.15) is 29.2 Å². The number of hydrogen-bond acceptors (Lipinski definition) is 6. The number of aryl methyl sites for hydroxylation is 1. The van der Waals surface area contributed by atoms with Gasteiger partial charge in [-0.2, -0.15) is 0 Å². The number of carbonyl (C=O) groups excluding carboxylic acids is 1. The van der Waals surface area contributed by atoms with Gasteiger partial charge < -0.3 is 22.0 Å². The second kappa shape index (κ2) is 6.31. The lowest BCUT2D eigenvalue weighted by Gasteiger charge is -2.14. The topological polar surface area (TPSA) is 155 Å². The summed E-state index contributed by atoms with van der Waals surface area (Å²) in [6.45, 7) is 0. The van der Waals surface area contributed by atoms with E-state index in [9.17, 15) is 4.79 Å². The predicted molar refractivity (Wildman–Crippen MR) is 81.7 cm³/mol. The highest BCUT2D eigenvalue weighted by Gasteiger charge is 2.25. The summed E-state index contributed by atoms with van der Waals surface area (Å²) in [5.74, 6) is 4.69. The van der Waals surface area contributed by atoms with Gasteiger partial charge >= 0.3 is 0 Å². The Labute approximate surface area is 127 Å². The van der Waals surface area contributed by atoms with Crippen molar-refractivity contribution in [3.8, 4) is 0 Å². The number of hydrazone groups is 1. The van der Waals surface area contributed by atoms with E-state index in [4.69, 9.17) is 22.5 Å². The minimum absolute atomic E-state index is 0.0534. The Morgan fingerprint density at radius 2 is 2.18 bits per heavy atom. The molecule has 0 aliphatic heterocycles. The molecule has 0 spiro atoms. The van der Waals surface area contributed by atoms with Crippen molar-refractivity contribution in [1.82, 2.24) is 10.4 Å². The smallest absolute Gasteiger partial charge is 0.288 e. The van der Waals surface area contributed by atoms with Crippen molar-refractivity contribution in [2.75, 3.05) is 7.05 Å². The molecule has 1 amide bonds. The first-order chi connectivity index (χ1) is 10.4. The van der Waals surface area contributed by atoms with Gasteiger partial charge in [0.15, 0.2) is 5.84 Å². The number of nitrogens with zero attached hydrogens (tertiary/aromatic N) is 3. The molecule has 0 fully saturated rings. The summed E-state index contributed by atoms with van der Waals surface area (Å²) in [4.78, 5) is 11.9. The number of hydrogen-bond donors (Lipinski definition) is 5. The van der Waals surface area contributed by atoms with E-state index in [1.54, 1.807) is 6.07 Å². The number of amidine groups is 2. The average molecular weight is 305 g/mol. The molecule has 22 heavy (non-hydrogen) atoms. The van der Waals surface area contributed by atoms with E-state index >= 15 is 0 Å². The van der Waals surface area contributed by atoms with Gasteiger partial charge in [0, 0.05) is 12.6 Å². The van der Waals surface area contributed by atoms with Crippen LogP contribution in [0.15, 0.2) is 28.5 Å². The third kappa shape index (κ3) is 3.26. The molecular formula is C13H19N7O2. The zero-order valence-electron chi connectivity index (χ0n) is 12.2. The third-order valence-electron chi connectivity index (χ3n) is 3.43. The Morgan fingerprint density at radius 1 is 1.45 bits per heavy atom. The molecule has 2 rings (SSSR count). The van der Waals surface area contributed by atoms with Crippen LogP contribution in [0, 0.1) is 0 Å². The molecule has 0 radical (unpaired) electrons. The maximum Gasteiger partial charge on any atom is 0.288 e. The Morgan fingerprint density at radius 3 is 2.82 bits per heavy atom. The van der Waals surface area contributed by atoms with E-state index in [0.717, 1.165) is 29.1 Å². The molecule has 1 aromatic rings. The van der Waals surface area contributed by atoms with Crippen molar-refractivity contribution in [2.24, 2.45) is 27.6 Å². The fourth-order valence-electron chi connectivity index (χ4n) is 2.43. The molecule has 0 saturated heterocycles. The molecule has 0 heterocycles. The fourth-order valence-corrected chi connectivity index (χ4v) is 2.43. The molecule has 1 aliphatic carbocycles. The molecule has 8 N–H and O–H groups in total. The number of nitrogens with one attached hydrogen (secondary N) is 1. The highest BCUT2D eigenvalue weighted by atomic mass is 16.4. The first kappa shape index (κ1) is 15.6. The Hall–Kier alpha value is -2.81. The van der Waals surface area contributed by atoms with Crippen LogP contribution >= 0.6 is 0 Å². The van der Waals surface area contributed by atoms with Gasteiger partial charge in [-0.05, 0) is 30.0 Å². The Kier molecular flexibility index (Phi) is 4.47. The summed E-state index contributed by atoms with van der Waals surface area (Å²) in [5, 5.41) is 19.1. The standard InChI is InChI=1S/C13H19N7O2/c1-20(16)18-12(15)13(21)17-10-5-3-7-6-8(11(14)19-22)2-4-9(7)10/h2,4,6,10,22H,3,5,16H2,1H3,(H2,14,19)(H2,15,18)(H,17,21). The molecule has 0 saturated carbocycles. The van der Waals surface area contributed by atoms with Crippen LogP contribution in [0.5, 0.6) is 0 Å². The molecular weight excluding hydrogens is 286 g/mol. The number of carbonyl (C=O) groups is 1. The first-order valence-electron chi connectivity index (χ1n) is 6.66. The first-order valence-corrected chi connectivity index (χ1v) is 6.66. The maximum absolute atomic E-state index is 11.9. The van der Waals surface area contributed by atoms with E-state index in [2.05, 4.69) is 15.6 Å². The summed E-state index contributed by atoms with van der Waals surface area (Å²) < 4.78 is 0. The van der Waals surface area contributed by atoms with Crippen molar-refractivity contribution in [1.29, 1.82) is 0 Å². The molecule has 1 aromatic carbocycles. The molecule has 0 bridgehead atoms. The summed E-state index contributed by atoms with van der Waals surface area (Å²) >= 11 is 0. The van der Waals surface area contributed by atoms with Gasteiger partial charge in [-0.15, -0.1) is 5.10 Å². The van der Waals surface area contributed by atoms with E-state index in [0.29, 0.717) is 5.56 Å². The number of amides is 1. The Bertz CT molecular complexity index is 639. The molecule has 1 unspecified atom stereocenters. The second-order valence-corrected chi connectivity index (χ2v) is 5.02. The number of fused-ring (bicyclic) bond motifs is 1. The molecule has 9 heteroatoms. The quantitative estimate of drug-likeness (QED) is 0.158. The molecule has 1 atom stereocenters. The number of nitrogens with two attached hydrogens (primary N) is 3. The van der Waals surface area contributed by atoms with Crippen molar-refractivity contribution in [3.63, 3.8) is 0 Å². The lowest BCUT2D eigenvalue weighted by molar-refractivity contribution is -0.115. The zero-order chi connectivity index (χ0) is 16.3. The number of benzene rings is 1. The van der Waals surface area contributed by atoms with E-state index in [1.165, 1.54) is 7.05 Å². The van der Waals surface area contributed by atoms with Crippen LogP contribution in [0.4, 0.5) is 0 Å². The highest BCUT2D eigenvalue weighted by molar-refractivity contribution is 6.37. The van der Waals surface area contributed by atoms with Crippen molar-refractivity contribution in [3.05, 3.63) is 34.9 Å². The zero-order valence-corrected chi connectivity index (χ0v) is 12.2. The van der Waals surface area contributed by atoms with Gasteiger partial charge in [-0.1, -0.05) is 17.3 Å². The van der Waals surface area contributed by atoms with Gasteiger partial charge in [-0.3, -0.25) is 4.79 Å². The SMILES string of the molecule is CN(N)/N=C(\N)C(=O)NC1CCc2cc(/C(N)=N/O)ccc21. The lowest BCUT2D eigenvalue weighted by atomic mass is 10.0. The van der Waals surface area contributed by atoms with Crippen LogP contribution in [0.2, 0.25) is 0 Å². The summed E-state index contributed by atoms with van der Waals surface area (Å²) in [6.07, 6.45) is 1.52. The van der Waals surface area contributed by atoms with Gasteiger partial charge in [0.25, 0.3) is 5.91 Å². The molecule has 118 valence electrons. The van der Waals surface area contributed by atoms with Crippen LogP contribution in [-0.4, -0.2) is 35.0 Å². The van der Waals surface area contributed by atoms with Gasteiger partial charge in [-0.25, -0.2) is 11.0 Å². The van der Waals surface area contributed by atoms with Crippen LogP contribution in [-0.2, 0) is 11.2 Å². The van der Waals surface area contributed by atoms with Crippen LogP contribution in [0.25, 0.3) is 0 Å². The molecule has 9 nitrogen and oxygen atoms in total. The van der Waals surface area contributed by atoms with E-state index in [1.807, 2.05) is 12.1 Å². The van der Waals surface area contributed by atoms with Gasteiger partial charge in [0.05, 0.1) is 6.04 Å². The Balaban J connectivity index is 2.14. The molecule has 0 aromatic heterocycles. The summed E-state index contributed by atoms with van der Waals surface area (Å²) in [5.41, 5.74) is 13.8. The summed E-state index contributed by atoms with van der Waals surface area (Å²) in [6, 6.07) is 5.29. The van der Waals surface area contributed by atoms with Gasteiger partial charge in [0.2, 0.25) is 5.84 Å². The monoisotopic (exact) mass is 305 g/mol. The average Bonchev–Trinajstić information content (AvgIpc) is 2.88. The largest absolute Gasteiger partial charge is 0.409 e. The molecule has 1 aliphatic rings. The normalized spacial score (nSPS) is 18.0. The van der Waals surface area contributed by atoms with Crippen molar-refractivity contribution < 1.29 is 10.0 Å².